The van der Waals surface area contributed by atoms with Crippen molar-refractivity contribution in [1.29, 1.82) is 0 Å². The van der Waals surface area contributed by atoms with Crippen LogP contribution in [0.1, 0.15) is 39.0 Å². The molecule has 0 aromatic heterocycles. The van der Waals surface area contributed by atoms with Crippen LogP contribution >= 0.6 is 0 Å². The average molecular weight is 208 g/mol. The summed E-state index contributed by atoms with van der Waals surface area (Å²) in [5.41, 5.74) is 0.408. The first-order valence-electron chi connectivity index (χ1n) is 6.39. The van der Waals surface area contributed by atoms with Gasteiger partial charge in [-0.25, -0.2) is 0 Å². The van der Waals surface area contributed by atoms with Gasteiger partial charge in [0.25, 0.3) is 0 Å². The fraction of sp³-hybridized carbons (Fsp3) is 0.846. The zero-order valence-corrected chi connectivity index (χ0v) is 9.97. The Morgan fingerprint density at radius 1 is 1.53 bits per heavy atom. The van der Waals surface area contributed by atoms with E-state index in [4.69, 9.17) is 0 Å². The zero-order valence-electron chi connectivity index (χ0n) is 9.97. The van der Waals surface area contributed by atoms with Crippen LogP contribution in [0.2, 0.25) is 0 Å². The fourth-order valence-electron chi connectivity index (χ4n) is 2.75. The highest BCUT2D eigenvalue weighted by Gasteiger charge is 2.37. The second kappa shape index (κ2) is 4.67. The summed E-state index contributed by atoms with van der Waals surface area (Å²) in [5, 5.41) is 3.72. The highest BCUT2D eigenvalue weighted by Crippen LogP contribution is 2.31. The molecule has 0 bridgehead atoms. The standard InChI is InChI=1S/C13H24N2/c1-3-10-15(12-6-7-12)11-13(4-2)8-5-9-14-13/h3,12,14H,1,4-11H2,2H3. The molecule has 1 heterocycles. The summed E-state index contributed by atoms with van der Waals surface area (Å²) in [6.45, 7) is 9.68. The van der Waals surface area contributed by atoms with Crippen molar-refractivity contribution in [2.75, 3.05) is 19.6 Å². The predicted octanol–water partition coefficient (Wildman–Crippen LogP) is 2.17. The minimum atomic E-state index is 0.408. The third-order valence-corrected chi connectivity index (χ3v) is 3.94. The monoisotopic (exact) mass is 208 g/mol. The Bertz CT molecular complexity index is 215. The van der Waals surface area contributed by atoms with E-state index in [9.17, 15) is 0 Å². The van der Waals surface area contributed by atoms with Crippen LogP contribution in [-0.2, 0) is 0 Å². The van der Waals surface area contributed by atoms with E-state index in [1.54, 1.807) is 0 Å². The van der Waals surface area contributed by atoms with Gasteiger partial charge in [-0.15, -0.1) is 6.58 Å². The Balaban J connectivity index is 1.93. The van der Waals surface area contributed by atoms with Gasteiger partial charge in [-0.2, -0.15) is 0 Å². The Labute approximate surface area is 93.7 Å². The van der Waals surface area contributed by atoms with Crippen molar-refractivity contribution in [2.24, 2.45) is 0 Å². The van der Waals surface area contributed by atoms with Gasteiger partial charge >= 0.3 is 0 Å². The molecule has 2 rings (SSSR count). The van der Waals surface area contributed by atoms with Gasteiger partial charge in [-0.1, -0.05) is 13.0 Å². The van der Waals surface area contributed by atoms with E-state index in [2.05, 4.69) is 29.8 Å². The normalized spacial score (nSPS) is 31.1. The Hall–Kier alpha value is -0.340. The molecule has 2 fully saturated rings. The quantitative estimate of drug-likeness (QED) is 0.673. The molecular formula is C13H24N2. The maximum atomic E-state index is 3.87. The maximum absolute atomic E-state index is 3.87. The molecule has 2 nitrogen and oxygen atoms in total. The molecular weight excluding hydrogens is 184 g/mol. The van der Waals surface area contributed by atoms with Gasteiger partial charge in [-0.05, 0) is 38.6 Å². The van der Waals surface area contributed by atoms with E-state index in [0.717, 1.165) is 12.6 Å². The largest absolute Gasteiger partial charge is 0.310 e. The minimum absolute atomic E-state index is 0.408. The van der Waals surface area contributed by atoms with E-state index < -0.39 is 0 Å². The lowest BCUT2D eigenvalue weighted by atomic mass is 9.93. The Kier molecular flexibility index (Phi) is 3.47. The lowest BCUT2D eigenvalue weighted by Gasteiger charge is -2.34. The molecule has 1 atom stereocenters. The first kappa shape index (κ1) is 11.2. The topological polar surface area (TPSA) is 15.3 Å². The van der Waals surface area contributed by atoms with E-state index in [0.29, 0.717) is 5.54 Å². The van der Waals surface area contributed by atoms with Crippen LogP contribution in [0.5, 0.6) is 0 Å². The van der Waals surface area contributed by atoms with Gasteiger partial charge < -0.3 is 5.32 Å². The van der Waals surface area contributed by atoms with E-state index in [1.807, 2.05) is 0 Å². The summed E-state index contributed by atoms with van der Waals surface area (Å²) in [5.74, 6) is 0. The van der Waals surface area contributed by atoms with Crippen molar-refractivity contribution in [2.45, 2.75) is 50.6 Å². The summed E-state index contributed by atoms with van der Waals surface area (Å²) in [4.78, 5) is 2.62. The summed E-state index contributed by atoms with van der Waals surface area (Å²) < 4.78 is 0. The third kappa shape index (κ3) is 2.61. The minimum Gasteiger partial charge on any atom is -0.310 e. The Morgan fingerprint density at radius 3 is 2.80 bits per heavy atom. The van der Waals surface area contributed by atoms with Crippen LogP contribution in [-0.4, -0.2) is 36.1 Å². The number of nitrogens with one attached hydrogen (secondary N) is 1. The van der Waals surface area contributed by atoms with Crippen LogP contribution < -0.4 is 5.32 Å². The number of rotatable bonds is 6. The van der Waals surface area contributed by atoms with Crippen LogP contribution in [0.3, 0.4) is 0 Å². The van der Waals surface area contributed by atoms with Gasteiger partial charge in [0.1, 0.15) is 0 Å². The number of nitrogens with zero attached hydrogens (tertiary/aromatic N) is 1. The first-order chi connectivity index (χ1) is 7.29. The molecule has 1 saturated carbocycles. The molecule has 0 radical (unpaired) electrons. The molecule has 2 aliphatic rings. The molecule has 86 valence electrons. The van der Waals surface area contributed by atoms with Crippen molar-refractivity contribution < 1.29 is 0 Å². The van der Waals surface area contributed by atoms with Gasteiger partial charge in [-0.3, -0.25) is 4.90 Å². The van der Waals surface area contributed by atoms with Crippen LogP contribution in [0.4, 0.5) is 0 Å². The second-order valence-corrected chi connectivity index (χ2v) is 5.11. The molecule has 0 amide bonds. The van der Waals surface area contributed by atoms with Gasteiger partial charge in [0.05, 0.1) is 0 Å². The van der Waals surface area contributed by atoms with Crippen LogP contribution in [0, 0.1) is 0 Å². The second-order valence-electron chi connectivity index (χ2n) is 5.11. The molecule has 1 unspecified atom stereocenters. The van der Waals surface area contributed by atoms with Crippen LogP contribution in [0.25, 0.3) is 0 Å². The lowest BCUT2D eigenvalue weighted by Crippen LogP contribution is -2.50. The molecule has 1 saturated heterocycles. The molecule has 1 N–H and O–H groups in total. The van der Waals surface area contributed by atoms with Crippen molar-refractivity contribution in [3.8, 4) is 0 Å². The van der Waals surface area contributed by atoms with Crippen LogP contribution in [0.15, 0.2) is 12.7 Å². The van der Waals surface area contributed by atoms with Crippen molar-refractivity contribution in [3.05, 3.63) is 12.7 Å². The highest BCUT2D eigenvalue weighted by atomic mass is 15.2. The highest BCUT2D eigenvalue weighted by molar-refractivity contribution is 4.99. The van der Waals surface area contributed by atoms with E-state index >= 15 is 0 Å². The maximum Gasteiger partial charge on any atom is 0.0306 e. The molecule has 15 heavy (non-hydrogen) atoms. The van der Waals surface area contributed by atoms with Gasteiger partial charge in [0.15, 0.2) is 0 Å². The molecule has 1 aliphatic heterocycles. The smallest absolute Gasteiger partial charge is 0.0306 e. The van der Waals surface area contributed by atoms with Crippen molar-refractivity contribution in [1.82, 2.24) is 10.2 Å². The summed E-state index contributed by atoms with van der Waals surface area (Å²) in [7, 11) is 0. The van der Waals surface area contributed by atoms with Crippen molar-refractivity contribution >= 4 is 0 Å². The zero-order chi connectivity index (χ0) is 10.7. The van der Waals surface area contributed by atoms with Gasteiger partial charge in [0, 0.05) is 24.7 Å². The van der Waals surface area contributed by atoms with E-state index in [1.165, 1.54) is 45.2 Å². The molecule has 0 spiro atoms. The first-order valence-corrected chi connectivity index (χ1v) is 6.39. The number of hydrogen-bond acceptors (Lipinski definition) is 2. The summed E-state index contributed by atoms with van der Waals surface area (Å²) >= 11 is 0. The predicted molar refractivity (Wildman–Crippen MR) is 65.1 cm³/mol. The SMILES string of the molecule is C=CCN(CC1(CC)CCCN1)C1CC1. The van der Waals surface area contributed by atoms with Gasteiger partial charge in [0.2, 0.25) is 0 Å². The lowest BCUT2D eigenvalue weighted by molar-refractivity contribution is 0.195. The van der Waals surface area contributed by atoms with Crippen molar-refractivity contribution in [3.63, 3.8) is 0 Å². The average Bonchev–Trinajstić information content (AvgIpc) is 3.00. The molecule has 0 aromatic rings. The van der Waals surface area contributed by atoms with E-state index in [-0.39, 0.29) is 0 Å². The molecule has 2 heteroatoms. The molecule has 0 aromatic carbocycles. The third-order valence-electron chi connectivity index (χ3n) is 3.94. The fourth-order valence-corrected chi connectivity index (χ4v) is 2.75. The summed E-state index contributed by atoms with van der Waals surface area (Å²) in [6.07, 6.45) is 8.80. The molecule has 1 aliphatic carbocycles. The Morgan fingerprint density at radius 2 is 2.33 bits per heavy atom. The summed E-state index contributed by atoms with van der Waals surface area (Å²) in [6, 6.07) is 0.855. The number of hydrogen-bond donors (Lipinski definition) is 1.